The van der Waals surface area contributed by atoms with Crippen LogP contribution in [0.2, 0.25) is 0 Å². The Kier molecular flexibility index (Phi) is 5.35. The Hall–Kier alpha value is -3.13. The van der Waals surface area contributed by atoms with E-state index >= 15 is 0 Å². The molecule has 1 N–H and O–H groups in total. The van der Waals surface area contributed by atoms with Crippen molar-refractivity contribution in [3.63, 3.8) is 0 Å². The molecule has 0 bridgehead atoms. The number of hydrogen-bond donors (Lipinski definition) is 1. The van der Waals surface area contributed by atoms with Gasteiger partial charge in [0.05, 0.1) is 5.56 Å². The van der Waals surface area contributed by atoms with Gasteiger partial charge in [0.15, 0.2) is 0 Å². The van der Waals surface area contributed by atoms with Crippen molar-refractivity contribution in [1.82, 2.24) is 0 Å². The number of aromatic carboxylic acids is 1. The molecular formula is C27H26O2. The lowest BCUT2D eigenvalue weighted by Gasteiger charge is -2.22. The number of unbranched alkanes of at least 4 members (excludes halogenated alkanes) is 2. The van der Waals surface area contributed by atoms with Gasteiger partial charge in [-0.1, -0.05) is 86.0 Å². The van der Waals surface area contributed by atoms with Gasteiger partial charge in [0.1, 0.15) is 0 Å². The predicted molar refractivity (Wildman–Crippen MR) is 119 cm³/mol. The Bertz CT molecular complexity index is 1200. The summed E-state index contributed by atoms with van der Waals surface area (Å²) in [4.78, 5) is 11.9. The minimum atomic E-state index is -0.890. The van der Waals surface area contributed by atoms with Crippen LogP contribution in [0.15, 0.2) is 60.7 Å². The van der Waals surface area contributed by atoms with Crippen LogP contribution in [0.3, 0.4) is 0 Å². The molecule has 0 heterocycles. The Labute approximate surface area is 171 Å². The van der Waals surface area contributed by atoms with E-state index in [1.807, 2.05) is 12.1 Å². The smallest absolute Gasteiger partial charge is 0.336 e. The third-order valence-electron chi connectivity index (χ3n) is 5.67. The molecule has 0 saturated carbocycles. The van der Waals surface area contributed by atoms with E-state index in [1.54, 1.807) is 12.1 Å². The molecule has 0 unspecified atom stereocenters. The zero-order valence-electron chi connectivity index (χ0n) is 17.0. The topological polar surface area (TPSA) is 37.3 Å². The molecular weight excluding hydrogens is 356 g/mol. The van der Waals surface area contributed by atoms with Crippen molar-refractivity contribution in [2.75, 3.05) is 0 Å². The molecule has 0 fully saturated rings. The number of aryl methyl sites for hydroxylation is 1. The average molecular weight is 383 g/mol. The summed E-state index contributed by atoms with van der Waals surface area (Å²) in [5.74, 6) is -0.890. The van der Waals surface area contributed by atoms with Crippen molar-refractivity contribution in [3.8, 4) is 0 Å². The summed E-state index contributed by atoms with van der Waals surface area (Å²) in [6, 6.07) is 20.4. The van der Waals surface area contributed by atoms with Gasteiger partial charge in [-0.25, -0.2) is 4.79 Å². The van der Waals surface area contributed by atoms with E-state index in [1.165, 1.54) is 34.8 Å². The minimum Gasteiger partial charge on any atom is -0.478 e. The van der Waals surface area contributed by atoms with Gasteiger partial charge in [0.2, 0.25) is 0 Å². The molecule has 0 saturated heterocycles. The fraction of sp³-hybridized carbons (Fsp3) is 0.222. The maximum atomic E-state index is 11.9. The van der Waals surface area contributed by atoms with Crippen LogP contribution in [0.5, 0.6) is 0 Å². The molecule has 0 atom stereocenters. The maximum absolute atomic E-state index is 11.9. The van der Waals surface area contributed by atoms with Crippen LogP contribution in [0, 0.1) is 6.92 Å². The van der Waals surface area contributed by atoms with Crippen LogP contribution in [-0.4, -0.2) is 11.1 Å². The van der Waals surface area contributed by atoms with E-state index in [9.17, 15) is 9.90 Å². The van der Waals surface area contributed by atoms with E-state index in [-0.39, 0.29) is 0 Å². The molecule has 0 amide bonds. The van der Waals surface area contributed by atoms with Gasteiger partial charge in [0.25, 0.3) is 0 Å². The van der Waals surface area contributed by atoms with Crippen LogP contribution in [0.4, 0.5) is 0 Å². The highest BCUT2D eigenvalue weighted by Gasteiger charge is 2.22. The van der Waals surface area contributed by atoms with E-state index < -0.39 is 5.97 Å². The molecule has 1 aliphatic carbocycles. The lowest BCUT2D eigenvalue weighted by Crippen LogP contribution is -2.24. The molecule has 2 heteroatoms. The van der Waals surface area contributed by atoms with E-state index in [0.29, 0.717) is 5.56 Å². The number of hydrogen-bond acceptors (Lipinski definition) is 1. The summed E-state index contributed by atoms with van der Waals surface area (Å²) in [7, 11) is 0. The second kappa shape index (κ2) is 8.08. The van der Waals surface area contributed by atoms with Gasteiger partial charge in [-0.3, -0.25) is 0 Å². The first kappa shape index (κ1) is 19.2. The summed E-state index contributed by atoms with van der Waals surface area (Å²) < 4.78 is 0. The van der Waals surface area contributed by atoms with Crippen LogP contribution in [0.1, 0.15) is 64.4 Å². The van der Waals surface area contributed by atoms with Crippen LogP contribution >= 0.6 is 0 Å². The first-order valence-electron chi connectivity index (χ1n) is 10.3. The van der Waals surface area contributed by atoms with Crippen molar-refractivity contribution in [2.24, 2.45) is 0 Å². The summed E-state index contributed by atoms with van der Waals surface area (Å²) in [6.45, 7) is 4.32. The standard InChI is InChI=1S/C27H26O2/c1-3-4-5-8-19-12-14-23-21(16-19)17-20-15-18(2)11-13-22(20)26(23)24-9-6-7-10-25(24)27(28)29/h6-16H,3-5,17H2,1-2H3,(H,28,29)/b19-8-. The highest BCUT2D eigenvalue weighted by molar-refractivity contribution is 5.97. The summed E-state index contributed by atoms with van der Waals surface area (Å²) in [6.07, 6.45) is 6.66. The maximum Gasteiger partial charge on any atom is 0.336 e. The molecule has 0 spiro atoms. The normalized spacial score (nSPS) is 13.2. The zero-order chi connectivity index (χ0) is 20.4. The third-order valence-corrected chi connectivity index (χ3v) is 5.67. The average Bonchev–Trinajstić information content (AvgIpc) is 2.72. The fourth-order valence-electron chi connectivity index (χ4n) is 4.24. The van der Waals surface area contributed by atoms with E-state index in [2.05, 4.69) is 56.3 Å². The summed E-state index contributed by atoms with van der Waals surface area (Å²) >= 11 is 0. The van der Waals surface area contributed by atoms with Crippen molar-refractivity contribution in [2.45, 2.75) is 39.5 Å². The lowest BCUT2D eigenvalue weighted by molar-refractivity contribution is 0.0696. The van der Waals surface area contributed by atoms with Crippen molar-refractivity contribution in [3.05, 3.63) is 104 Å². The van der Waals surface area contributed by atoms with Crippen molar-refractivity contribution in [1.29, 1.82) is 0 Å². The van der Waals surface area contributed by atoms with Gasteiger partial charge in [-0.15, -0.1) is 0 Å². The van der Waals surface area contributed by atoms with Gasteiger partial charge < -0.3 is 5.11 Å². The fourth-order valence-corrected chi connectivity index (χ4v) is 4.24. The molecule has 3 aromatic carbocycles. The molecule has 146 valence electrons. The minimum absolute atomic E-state index is 0.348. The number of rotatable bonds is 5. The molecule has 0 aromatic heterocycles. The van der Waals surface area contributed by atoms with E-state index in [0.717, 1.165) is 34.8 Å². The third kappa shape index (κ3) is 3.75. The Balaban J connectivity index is 2.02. The molecule has 4 rings (SSSR count). The highest BCUT2D eigenvalue weighted by atomic mass is 16.4. The lowest BCUT2D eigenvalue weighted by atomic mass is 9.81. The molecule has 2 nitrogen and oxygen atoms in total. The highest BCUT2D eigenvalue weighted by Crippen LogP contribution is 2.31. The molecule has 0 aliphatic heterocycles. The van der Waals surface area contributed by atoms with Gasteiger partial charge in [-0.2, -0.15) is 0 Å². The number of carbonyl (C=O) groups is 1. The predicted octanol–water partition coefficient (Wildman–Crippen LogP) is 4.82. The second-order valence-electron chi connectivity index (χ2n) is 7.83. The van der Waals surface area contributed by atoms with Crippen molar-refractivity contribution < 1.29 is 9.90 Å². The van der Waals surface area contributed by atoms with Crippen LogP contribution in [-0.2, 0) is 6.42 Å². The first-order chi connectivity index (χ1) is 14.1. The first-order valence-corrected chi connectivity index (χ1v) is 10.3. The number of fused-ring (bicyclic) bond motifs is 2. The quantitative estimate of drug-likeness (QED) is 0.503. The Morgan fingerprint density at radius 1 is 1.00 bits per heavy atom. The monoisotopic (exact) mass is 382 g/mol. The molecule has 0 radical (unpaired) electrons. The zero-order valence-corrected chi connectivity index (χ0v) is 17.0. The van der Waals surface area contributed by atoms with Gasteiger partial charge in [0, 0.05) is 0 Å². The Morgan fingerprint density at radius 3 is 2.62 bits per heavy atom. The van der Waals surface area contributed by atoms with Gasteiger partial charge in [-0.05, 0) is 64.1 Å². The molecule has 3 aromatic rings. The van der Waals surface area contributed by atoms with Gasteiger partial charge >= 0.3 is 5.97 Å². The number of carboxylic acid groups (broad SMARTS) is 1. The summed E-state index contributed by atoms with van der Waals surface area (Å²) in [5, 5.41) is 12.2. The SMILES string of the molecule is CCCC/C=c1/ccc2c(c1)Cc1cc(C)ccc1C=2c1ccccc1C(=O)O. The molecule has 1 aliphatic rings. The Morgan fingerprint density at radius 2 is 1.83 bits per heavy atom. The van der Waals surface area contributed by atoms with Crippen LogP contribution < -0.4 is 10.4 Å². The summed E-state index contributed by atoms with van der Waals surface area (Å²) in [5.41, 5.74) is 7.05. The van der Waals surface area contributed by atoms with Crippen molar-refractivity contribution >= 4 is 17.6 Å². The number of carboxylic acids is 1. The van der Waals surface area contributed by atoms with Crippen LogP contribution in [0.25, 0.3) is 11.6 Å². The largest absolute Gasteiger partial charge is 0.478 e. The van der Waals surface area contributed by atoms with E-state index in [4.69, 9.17) is 0 Å². The molecule has 29 heavy (non-hydrogen) atoms. The number of benzene rings is 3. The second-order valence-corrected chi connectivity index (χ2v) is 7.83.